The summed E-state index contributed by atoms with van der Waals surface area (Å²) >= 11 is 0. The average molecular weight is 238 g/mol. The lowest BCUT2D eigenvalue weighted by Crippen LogP contribution is -2.37. The lowest BCUT2D eigenvalue weighted by molar-refractivity contribution is -0.870. The van der Waals surface area contributed by atoms with Gasteiger partial charge in [-0.3, -0.25) is 0 Å². The molecule has 0 aliphatic carbocycles. The molecule has 0 bridgehead atoms. The Labute approximate surface area is 104 Å². The summed E-state index contributed by atoms with van der Waals surface area (Å²) < 4.78 is 0.971. The molecule has 0 fully saturated rings. The van der Waals surface area contributed by atoms with Crippen LogP contribution in [0.3, 0.4) is 0 Å². The Bertz CT molecular complexity index is 370. The predicted octanol–water partition coefficient (Wildman–Crippen LogP) is 0.779. The standard InChI is InChI=1S/C12H24N5/c1-16(6-5-7-17(2,3)4)12-11(14)8-10(13)9-15-12/h8-9H,5-7,13-14H2,1-4H3/q+1. The highest BCUT2D eigenvalue weighted by molar-refractivity contribution is 5.66. The van der Waals surface area contributed by atoms with Crippen molar-refractivity contribution in [3.05, 3.63) is 12.3 Å². The lowest BCUT2D eigenvalue weighted by Gasteiger charge is -2.26. The highest BCUT2D eigenvalue weighted by Crippen LogP contribution is 2.20. The van der Waals surface area contributed by atoms with E-state index in [1.165, 1.54) is 0 Å². The van der Waals surface area contributed by atoms with Gasteiger partial charge in [-0.15, -0.1) is 0 Å². The molecular formula is C12H24N5+. The summed E-state index contributed by atoms with van der Waals surface area (Å²) in [5.41, 5.74) is 12.8. The van der Waals surface area contributed by atoms with Crippen LogP contribution in [0, 0.1) is 0 Å². The number of hydrogen-bond donors (Lipinski definition) is 2. The minimum absolute atomic E-state index is 0.603. The summed E-state index contributed by atoms with van der Waals surface area (Å²) in [6, 6.07) is 1.75. The van der Waals surface area contributed by atoms with Crippen LogP contribution in [-0.2, 0) is 0 Å². The average Bonchev–Trinajstić information content (AvgIpc) is 2.15. The van der Waals surface area contributed by atoms with E-state index in [1.54, 1.807) is 12.3 Å². The second-order valence-electron chi connectivity index (χ2n) is 5.47. The van der Waals surface area contributed by atoms with Gasteiger partial charge in [0.15, 0.2) is 5.82 Å². The third kappa shape index (κ3) is 4.48. The topological polar surface area (TPSA) is 68.2 Å². The van der Waals surface area contributed by atoms with Crippen molar-refractivity contribution < 1.29 is 4.48 Å². The lowest BCUT2D eigenvalue weighted by atomic mass is 10.3. The minimum Gasteiger partial charge on any atom is -0.397 e. The number of anilines is 3. The molecular weight excluding hydrogens is 214 g/mol. The van der Waals surface area contributed by atoms with Crippen LogP contribution in [0.2, 0.25) is 0 Å². The van der Waals surface area contributed by atoms with Crippen molar-refractivity contribution in [2.75, 3.05) is 57.6 Å². The van der Waals surface area contributed by atoms with E-state index in [-0.39, 0.29) is 0 Å². The van der Waals surface area contributed by atoms with Crippen LogP contribution in [0.1, 0.15) is 6.42 Å². The quantitative estimate of drug-likeness (QED) is 0.744. The molecule has 1 aromatic rings. The van der Waals surface area contributed by atoms with Crippen molar-refractivity contribution in [2.24, 2.45) is 0 Å². The fraction of sp³-hybridized carbons (Fsp3) is 0.583. The van der Waals surface area contributed by atoms with Crippen molar-refractivity contribution in [3.8, 4) is 0 Å². The molecule has 0 aliphatic heterocycles. The Morgan fingerprint density at radius 3 is 2.47 bits per heavy atom. The molecule has 0 aromatic carbocycles. The molecule has 5 heteroatoms. The molecule has 0 saturated carbocycles. The molecule has 0 spiro atoms. The Morgan fingerprint density at radius 2 is 1.94 bits per heavy atom. The van der Waals surface area contributed by atoms with Gasteiger partial charge >= 0.3 is 0 Å². The highest BCUT2D eigenvalue weighted by Gasteiger charge is 2.10. The van der Waals surface area contributed by atoms with Gasteiger partial charge < -0.3 is 20.9 Å². The van der Waals surface area contributed by atoms with Crippen LogP contribution >= 0.6 is 0 Å². The number of rotatable bonds is 5. The fourth-order valence-corrected chi connectivity index (χ4v) is 1.70. The van der Waals surface area contributed by atoms with E-state index in [9.17, 15) is 0 Å². The maximum absolute atomic E-state index is 5.89. The number of nitrogen functional groups attached to an aromatic ring is 2. The molecule has 0 atom stereocenters. The first-order chi connectivity index (χ1) is 7.79. The van der Waals surface area contributed by atoms with Crippen molar-refractivity contribution in [1.29, 1.82) is 0 Å². The number of quaternary nitrogens is 1. The number of hydrogen-bond acceptors (Lipinski definition) is 4. The SMILES string of the molecule is CN(CCC[N+](C)(C)C)c1ncc(N)cc1N. The summed E-state index contributed by atoms with van der Waals surface area (Å²) in [7, 11) is 8.58. The molecule has 0 saturated heterocycles. The van der Waals surface area contributed by atoms with Crippen LogP contribution < -0.4 is 16.4 Å². The summed E-state index contributed by atoms with van der Waals surface area (Å²) in [5.74, 6) is 0.806. The van der Waals surface area contributed by atoms with Crippen molar-refractivity contribution in [3.63, 3.8) is 0 Å². The highest BCUT2D eigenvalue weighted by atomic mass is 15.3. The van der Waals surface area contributed by atoms with Gasteiger partial charge in [-0.1, -0.05) is 0 Å². The van der Waals surface area contributed by atoms with Gasteiger partial charge in [0.25, 0.3) is 0 Å². The van der Waals surface area contributed by atoms with Crippen LogP contribution in [0.25, 0.3) is 0 Å². The molecule has 4 N–H and O–H groups in total. The Morgan fingerprint density at radius 1 is 1.29 bits per heavy atom. The van der Waals surface area contributed by atoms with E-state index >= 15 is 0 Å². The van der Waals surface area contributed by atoms with Crippen molar-refractivity contribution in [2.45, 2.75) is 6.42 Å². The zero-order chi connectivity index (χ0) is 13.1. The van der Waals surface area contributed by atoms with E-state index in [4.69, 9.17) is 11.5 Å². The first kappa shape index (κ1) is 13.6. The number of pyridine rings is 1. The molecule has 17 heavy (non-hydrogen) atoms. The molecule has 1 heterocycles. The van der Waals surface area contributed by atoms with E-state index < -0.39 is 0 Å². The van der Waals surface area contributed by atoms with Crippen LogP contribution in [0.15, 0.2) is 12.3 Å². The molecule has 1 aromatic heterocycles. The van der Waals surface area contributed by atoms with Gasteiger partial charge in [0, 0.05) is 20.0 Å². The van der Waals surface area contributed by atoms with Crippen LogP contribution in [0.4, 0.5) is 17.2 Å². The second kappa shape index (κ2) is 5.23. The summed E-state index contributed by atoms with van der Waals surface area (Å²) in [6.07, 6.45) is 2.74. The van der Waals surface area contributed by atoms with E-state index in [0.29, 0.717) is 11.4 Å². The Hall–Kier alpha value is -1.49. The zero-order valence-corrected chi connectivity index (χ0v) is 11.3. The number of nitrogens with two attached hydrogens (primary N) is 2. The molecule has 0 amide bonds. The van der Waals surface area contributed by atoms with Gasteiger partial charge in [-0.05, 0) is 6.07 Å². The fourth-order valence-electron chi connectivity index (χ4n) is 1.70. The second-order valence-corrected chi connectivity index (χ2v) is 5.47. The summed E-state index contributed by atoms with van der Waals surface area (Å²) in [4.78, 5) is 6.34. The molecule has 0 unspecified atom stereocenters. The summed E-state index contributed by atoms with van der Waals surface area (Å²) in [5, 5.41) is 0. The van der Waals surface area contributed by atoms with E-state index in [2.05, 4.69) is 31.0 Å². The molecule has 1 rings (SSSR count). The third-order valence-corrected chi connectivity index (χ3v) is 2.60. The van der Waals surface area contributed by atoms with Crippen LogP contribution in [0.5, 0.6) is 0 Å². The first-order valence-corrected chi connectivity index (χ1v) is 5.82. The largest absolute Gasteiger partial charge is 0.397 e. The monoisotopic (exact) mass is 238 g/mol. The third-order valence-electron chi connectivity index (χ3n) is 2.60. The number of aromatic nitrogens is 1. The van der Waals surface area contributed by atoms with E-state index in [1.807, 2.05) is 7.05 Å². The van der Waals surface area contributed by atoms with Gasteiger partial charge in [0.05, 0.1) is 45.3 Å². The molecule has 5 nitrogen and oxygen atoms in total. The van der Waals surface area contributed by atoms with E-state index in [0.717, 1.165) is 29.8 Å². The smallest absolute Gasteiger partial charge is 0.151 e. The zero-order valence-electron chi connectivity index (χ0n) is 11.3. The Kier molecular flexibility index (Phi) is 4.17. The predicted molar refractivity (Wildman–Crippen MR) is 73.8 cm³/mol. The van der Waals surface area contributed by atoms with Crippen molar-refractivity contribution >= 4 is 17.2 Å². The van der Waals surface area contributed by atoms with Crippen molar-refractivity contribution in [1.82, 2.24) is 4.98 Å². The maximum Gasteiger partial charge on any atom is 0.151 e. The molecule has 0 radical (unpaired) electrons. The van der Waals surface area contributed by atoms with Crippen LogP contribution in [-0.4, -0.2) is 50.7 Å². The first-order valence-electron chi connectivity index (χ1n) is 5.82. The van der Waals surface area contributed by atoms with Gasteiger partial charge in [-0.25, -0.2) is 4.98 Å². The summed E-state index contributed by atoms with van der Waals surface area (Å²) in [6.45, 7) is 2.07. The van der Waals surface area contributed by atoms with Gasteiger partial charge in [-0.2, -0.15) is 0 Å². The normalized spacial score (nSPS) is 11.5. The Balaban J connectivity index is 2.55. The number of nitrogens with zero attached hydrogens (tertiary/aromatic N) is 3. The maximum atomic E-state index is 5.89. The van der Waals surface area contributed by atoms with Gasteiger partial charge in [0.1, 0.15) is 0 Å². The molecule has 96 valence electrons. The minimum atomic E-state index is 0.603. The van der Waals surface area contributed by atoms with Gasteiger partial charge in [0.2, 0.25) is 0 Å². The molecule has 0 aliphatic rings.